The highest BCUT2D eigenvalue weighted by Crippen LogP contribution is 2.27. The van der Waals surface area contributed by atoms with Gasteiger partial charge in [-0.2, -0.15) is 0 Å². The Hall–Kier alpha value is -1.91. The molecule has 1 saturated heterocycles. The maximum atomic E-state index is 12.0. The van der Waals surface area contributed by atoms with Gasteiger partial charge in [-0.1, -0.05) is 6.07 Å². The highest BCUT2D eigenvalue weighted by molar-refractivity contribution is 5.79. The molecule has 1 aliphatic heterocycles. The van der Waals surface area contributed by atoms with E-state index in [1.165, 1.54) is 0 Å². The molecular formula is C13H17N3O2. The second-order valence-corrected chi connectivity index (χ2v) is 4.59. The smallest absolute Gasteiger partial charge is 0.320 e. The van der Waals surface area contributed by atoms with Gasteiger partial charge < -0.3 is 9.80 Å². The van der Waals surface area contributed by atoms with E-state index in [2.05, 4.69) is 4.98 Å². The van der Waals surface area contributed by atoms with Crippen molar-refractivity contribution in [2.24, 2.45) is 0 Å². The van der Waals surface area contributed by atoms with E-state index in [0.717, 1.165) is 5.56 Å². The number of nitrogens with zero attached hydrogens (tertiary/aromatic N) is 3. The van der Waals surface area contributed by atoms with E-state index >= 15 is 0 Å². The summed E-state index contributed by atoms with van der Waals surface area (Å²) in [5, 5.41) is 0. The number of hydrogen-bond acceptors (Lipinski definition) is 3. The van der Waals surface area contributed by atoms with Crippen LogP contribution in [-0.4, -0.2) is 46.7 Å². The fraction of sp³-hybridized carbons (Fsp3) is 0.462. The quantitative estimate of drug-likeness (QED) is 0.809. The molecule has 0 N–H and O–H groups in total. The number of hydrogen-bond donors (Lipinski definition) is 0. The minimum atomic E-state index is -0.0231. The van der Waals surface area contributed by atoms with E-state index in [4.69, 9.17) is 0 Å². The van der Waals surface area contributed by atoms with Crippen molar-refractivity contribution in [3.63, 3.8) is 0 Å². The van der Waals surface area contributed by atoms with Crippen molar-refractivity contribution in [3.8, 4) is 0 Å². The van der Waals surface area contributed by atoms with Crippen LogP contribution in [-0.2, 0) is 4.79 Å². The van der Waals surface area contributed by atoms with Gasteiger partial charge in [0.1, 0.15) is 5.78 Å². The zero-order valence-electron chi connectivity index (χ0n) is 10.7. The van der Waals surface area contributed by atoms with Crippen LogP contribution in [0.2, 0.25) is 0 Å². The number of rotatable bonds is 4. The Morgan fingerprint density at radius 3 is 2.94 bits per heavy atom. The van der Waals surface area contributed by atoms with Crippen molar-refractivity contribution in [1.82, 2.24) is 14.8 Å². The first-order chi connectivity index (χ1) is 8.59. The molecule has 5 heteroatoms. The molecule has 18 heavy (non-hydrogen) atoms. The first-order valence-corrected chi connectivity index (χ1v) is 6.00. The molecule has 0 bridgehead atoms. The summed E-state index contributed by atoms with van der Waals surface area (Å²) in [5.74, 6) is 0.107. The Morgan fingerprint density at radius 2 is 2.33 bits per heavy atom. The lowest BCUT2D eigenvalue weighted by Gasteiger charge is -2.17. The number of likely N-dealkylation sites (N-methyl/N-ethyl adjacent to an activating group) is 1. The Balaban J connectivity index is 2.07. The fourth-order valence-electron chi connectivity index (χ4n) is 2.15. The molecule has 0 aromatic carbocycles. The van der Waals surface area contributed by atoms with Crippen molar-refractivity contribution in [3.05, 3.63) is 30.1 Å². The Bertz CT molecular complexity index is 447. The summed E-state index contributed by atoms with van der Waals surface area (Å²) < 4.78 is 0. The topological polar surface area (TPSA) is 53.5 Å². The number of pyridine rings is 1. The van der Waals surface area contributed by atoms with Gasteiger partial charge in [0.05, 0.1) is 6.04 Å². The Morgan fingerprint density at radius 1 is 1.56 bits per heavy atom. The monoisotopic (exact) mass is 247 g/mol. The summed E-state index contributed by atoms with van der Waals surface area (Å²) in [5.41, 5.74) is 1.03. The van der Waals surface area contributed by atoms with Crippen LogP contribution < -0.4 is 0 Å². The molecule has 0 aliphatic carbocycles. The zero-order chi connectivity index (χ0) is 13.1. The minimum Gasteiger partial charge on any atom is -0.322 e. The molecule has 1 aromatic rings. The lowest BCUT2D eigenvalue weighted by molar-refractivity contribution is -0.117. The van der Waals surface area contributed by atoms with Crippen LogP contribution >= 0.6 is 0 Å². The van der Waals surface area contributed by atoms with E-state index in [-0.39, 0.29) is 17.9 Å². The summed E-state index contributed by atoms with van der Waals surface area (Å²) in [7, 11) is 1.79. The number of urea groups is 1. The molecular weight excluding hydrogens is 230 g/mol. The fourth-order valence-corrected chi connectivity index (χ4v) is 2.15. The summed E-state index contributed by atoms with van der Waals surface area (Å²) in [6, 6.07) is 3.84. The molecule has 2 heterocycles. The predicted molar refractivity (Wildman–Crippen MR) is 67.0 cm³/mol. The highest BCUT2D eigenvalue weighted by atomic mass is 16.2. The lowest BCUT2D eigenvalue weighted by Crippen LogP contribution is -2.31. The first kappa shape index (κ1) is 12.5. The van der Waals surface area contributed by atoms with Crippen LogP contribution in [0.3, 0.4) is 0 Å². The number of amides is 2. The summed E-state index contributed by atoms with van der Waals surface area (Å²) in [4.78, 5) is 30.5. The molecule has 0 spiro atoms. The summed E-state index contributed by atoms with van der Waals surface area (Å²) in [6.07, 6.45) is 3.91. The summed E-state index contributed by atoms with van der Waals surface area (Å²) >= 11 is 0. The van der Waals surface area contributed by atoms with Gasteiger partial charge in [-0.15, -0.1) is 0 Å². The van der Waals surface area contributed by atoms with Crippen molar-refractivity contribution >= 4 is 11.8 Å². The Kier molecular flexibility index (Phi) is 3.60. The van der Waals surface area contributed by atoms with E-state index in [9.17, 15) is 9.59 Å². The summed E-state index contributed by atoms with van der Waals surface area (Å²) in [6.45, 7) is 2.66. The minimum absolute atomic E-state index is 0.0231. The second-order valence-electron chi connectivity index (χ2n) is 4.59. The van der Waals surface area contributed by atoms with E-state index in [1.807, 2.05) is 12.1 Å². The van der Waals surface area contributed by atoms with E-state index in [1.54, 1.807) is 36.2 Å². The highest BCUT2D eigenvalue weighted by Gasteiger charge is 2.35. The van der Waals surface area contributed by atoms with Crippen LogP contribution in [0.5, 0.6) is 0 Å². The van der Waals surface area contributed by atoms with Crippen LogP contribution in [0, 0.1) is 0 Å². The van der Waals surface area contributed by atoms with Gasteiger partial charge in [0.2, 0.25) is 0 Å². The molecule has 1 unspecified atom stereocenters. The molecule has 96 valence electrons. The molecule has 0 saturated carbocycles. The standard InChI is InChI=1S/C13H17N3O2/c1-10(17)5-7-16-9-12(15(2)13(16)18)11-4-3-6-14-8-11/h3-4,6,8,12H,5,7,9H2,1-2H3. The molecule has 1 atom stereocenters. The lowest BCUT2D eigenvalue weighted by atomic mass is 10.1. The van der Waals surface area contributed by atoms with Gasteiger partial charge in [0.25, 0.3) is 0 Å². The molecule has 2 amide bonds. The van der Waals surface area contributed by atoms with E-state index in [0.29, 0.717) is 19.5 Å². The predicted octanol–water partition coefficient (Wildman–Crippen LogP) is 1.47. The number of carbonyl (C=O) groups excluding carboxylic acids is 2. The number of aromatic nitrogens is 1. The Labute approximate surface area is 106 Å². The van der Waals surface area contributed by atoms with Crippen molar-refractivity contribution in [1.29, 1.82) is 0 Å². The van der Waals surface area contributed by atoms with E-state index < -0.39 is 0 Å². The average Bonchev–Trinajstić information content (AvgIpc) is 2.65. The van der Waals surface area contributed by atoms with Crippen LogP contribution in [0.15, 0.2) is 24.5 Å². The molecule has 0 radical (unpaired) electrons. The number of carbonyl (C=O) groups is 2. The van der Waals surface area contributed by atoms with Crippen molar-refractivity contribution < 1.29 is 9.59 Å². The zero-order valence-corrected chi connectivity index (χ0v) is 10.7. The van der Waals surface area contributed by atoms with Crippen LogP contribution in [0.25, 0.3) is 0 Å². The van der Waals surface area contributed by atoms with Gasteiger partial charge in [0.15, 0.2) is 0 Å². The first-order valence-electron chi connectivity index (χ1n) is 6.00. The van der Waals surface area contributed by atoms with Gasteiger partial charge in [0, 0.05) is 39.0 Å². The normalized spacial score (nSPS) is 19.4. The number of Topliss-reactive ketones (excluding diaryl/α,β-unsaturated/α-hetero) is 1. The molecule has 5 nitrogen and oxygen atoms in total. The third kappa shape index (κ3) is 2.50. The van der Waals surface area contributed by atoms with Gasteiger partial charge in [-0.05, 0) is 18.6 Å². The molecule has 1 fully saturated rings. The van der Waals surface area contributed by atoms with Gasteiger partial charge in [-0.3, -0.25) is 9.78 Å². The SMILES string of the molecule is CC(=O)CCN1CC(c2cccnc2)N(C)C1=O. The molecule has 1 aromatic heterocycles. The third-order valence-corrected chi connectivity index (χ3v) is 3.24. The molecule has 2 rings (SSSR count). The van der Waals surface area contributed by atoms with Crippen LogP contribution in [0.4, 0.5) is 4.79 Å². The molecule has 1 aliphatic rings. The maximum Gasteiger partial charge on any atom is 0.320 e. The van der Waals surface area contributed by atoms with Crippen LogP contribution in [0.1, 0.15) is 24.9 Å². The average molecular weight is 247 g/mol. The number of ketones is 1. The third-order valence-electron chi connectivity index (χ3n) is 3.24. The van der Waals surface area contributed by atoms with Crippen molar-refractivity contribution in [2.45, 2.75) is 19.4 Å². The second kappa shape index (κ2) is 5.16. The van der Waals surface area contributed by atoms with Gasteiger partial charge >= 0.3 is 6.03 Å². The maximum absolute atomic E-state index is 12.0. The largest absolute Gasteiger partial charge is 0.322 e. The van der Waals surface area contributed by atoms with Crippen molar-refractivity contribution in [2.75, 3.05) is 20.1 Å². The van der Waals surface area contributed by atoms with Gasteiger partial charge in [-0.25, -0.2) is 4.79 Å².